The van der Waals surface area contributed by atoms with Crippen LogP contribution in [0.1, 0.15) is 38.2 Å². The summed E-state index contributed by atoms with van der Waals surface area (Å²) in [5.41, 5.74) is 1.16. The van der Waals surface area contributed by atoms with Gasteiger partial charge in [-0.05, 0) is 12.0 Å². The Morgan fingerprint density at radius 1 is 1.31 bits per heavy atom. The van der Waals surface area contributed by atoms with Crippen LogP contribution in [0.25, 0.3) is 0 Å². The molecule has 0 bridgehead atoms. The summed E-state index contributed by atoms with van der Waals surface area (Å²) in [5, 5.41) is 0. The molecule has 0 aliphatic rings. The molecule has 0 saturated heterocycles. The molecule has 3 nitrogen and oxygen atoms in total. The zero-order valence-electron chi connectivity index (χ0n) is 10.2. The molecule has 1 aromatic heterocycles. The van der Waals surface area contributed by atoms with Crippen molar-refractivity contribution in [2.45, 2.75) is 39.2 Å². The second kappa shape index (κ2) is 6.99. The van der Waals surface area contributed by atoms with E-state index in [0.29, 0.717) is 13.0 Å². The lowest BCUT2D eigenvalue weighted by Crippen LogP contribution is -2.26. The second-order valence-corrected chi connectivity index (χ2v) is 4.12. The van der Waals surface area contributed by atoms with Crippen LogP contribution in [0.2, 0.25) is 0 Å². The molecular weight excluding hydrogens is 200 g/mol. The molecular formula is C13H21N2O+. The first-order valence-corrected chi connectivity index (χ1v) is 5.93. The van der Waals surface area contributed by atoms with Gasteiger partial charge in [-0.1, -0.05) is 19.8 Å². The fraction of sp³-hybridized carbons (Fsp3) is 0.538. The van der Waals surface area contributed by atoms with Crippen molar-refractivity contribution in [3.63, 3.8) is 0 Å². The van der Waals surface area contributed by atoms with E-state index in [0.717, 1.165) is 24.8 Å². The number of hydrogen-bond acceptors (Lipinski definition) is 1. The number of H-pyrrole nitrogens is 1. The number of amides is 1. The third-order valence-corrected chi connectivity index (χ3v) is 2.63. The fourth-order valence-electron chi connectivity index (χ4n) is 1.61. The van der Waals surface area contributed by atoms with Crippen LogP contribution < -0.4 is 4.98 Å². The minimum Gasteiger partial charge on any atom is -0.341 e. The largest absolute Gasteiger partial charge is 0.341 e. The van der Waals surface area contributed by atoms with Gasteiger partial charge in [0.05, 0.1) is 0 Å². The van der Waals surface area contributed by atoms with E-state index in [4.69, 9.17) is 0 Å². The first-order valence-electron chi connectivity index (χ1n) is 5.93. The number of carbonyl (C=O) groups excluding carboxylic acids is 1. The van der Waals surface area contributed by atoms with Crippen molar-refractivity contribution >= 4 is 5.91 Å². The highest BCUT2D eigenvalue weighted by atomic mass is 16.2. The van der Waals surface area contributed by atoms with E-state index in [1.807, 2.05) is 31.6 Å². The number of rotatable bonds is 6. The van der Waals surface area contributed by atoms with E-state index in [1.54, 1.807) is 4.90 Å². The van der Waals surface area contributed by atoms with Gasteiger partial charge in [-0.3, -0.25) is 4.79 Å². The lowest BCUT2D eigenvalue weighted by molar-refractivity contribution is -0.378. The number of nitrogens with zero attached hydrogens (tertiary/aromatic N) is 1. The monoisotopic (exact) mass is 221 g/mol. The number of pyridine rings is 1. The summed E-state index contributed by atoms with van der Waals surface area (Å²) in [5.74, 6) is 0.237. The molecule has 3 heteroatoms. The van der Waals surface area contributed by atoms with E-state index in [9.17, 15) is 4.79 Å². The summed E-state index contributed by atoms with van der Waals surface area (Å²) < 4.78 is 0. The first kappa shape index (κ1) is 12.7. The SMILES string of the molecule is CCCCCC(=O)N(C)Cc1cc[nH+]cc1. The van der Waals surface area contributed by atoms with Gasteiger partial charge < -0.3 is 4.90 Å². The standard InChI is InChI=1S/C13H20N2O/c1-3-4-5-6-13(16)15(2)11-12-7-9-14-10-8-12/h7-10H,3-6,11H2,1-2H3/p+1. The number of aromatic nitrogens is 1. The van der Waals surface area contributed by atoms with Gasteiger partial charge in [-0.15, -0.1) is 0 Å². The van der Waals surface area contributed by atoms with Crippen molar-refractivity contribution in [2.24, 2.45) is 0 Å². The number of nitrogens with one attached hydrogen (secondary N) is 1. The zero-order valence-corrected chi connectivity index (χ0v) is 10.2. The highest BCUT2D eigenvalue weighted by molar-refractivity contribution is 5.75. The smallest absolute Gasteiger partial charge is 0.222 e. The molecule has 0 fully saturated rings. The number of aromatic amines is 1. The Kier molecular flexibility index (Phi) is 5.54. The van der Waals surface area contributed by atoms with E-state index >= 15 is 0 Å². The van der Waals surface area contributed by atoms with Crippen LogP contribution in [-0.4, -0.2) is 17.9 Å². The maximum absolute atomic E-state index is 11.7. The molecule has 1 N–H and O–H groups in total. The van der Waals surface area contributed by atoms with Gasteiger partial charge in [0, 0.05) is 32.1 Å². The predicted molar refractivity (Wildman–Crippen MR) is 63.6 cm³/mol. The molecule has 1 amide bonds. The average molecular weight is 221 g/mol. The normalized spacial score (nSPS) is 10.1. The van der Waals surface area contributed by atoms with Gasteiger partial charge in [0.2, 0.25) is 5.91 Å². The van der Waals surface area contributed by atoms with Gasteiger partial charge >= 0.3 is 0 Å². The first-order chi connectivity index (χ1) is 7.74. The van der Waals surface area contributed by atoms with Crippen molar-refractivity contribution < 1.29 is 9.78 Å². The van der Waals surface area contributed by atoms with Crippen LogP contribution in [0.5, 0.6) is 0 Å². The Balaban J connectivity index is 2.34. The molecule has 1 rings (SSSR count). The van der Waals surface area contributed by atoms with E-state index < -0.39 is 0 Å². The quantitative estimate of drug-likeness (QED) is 0.677. The summed E-state index contributed by atoms with van der Waals surface area (Å²) in [6.07, 6.45) is 7.73. The Labute approximate surface area is 97.5 Å². The molecule has 16 heavy (non-hydrogen) atoms. The Hall–Kier alpha value is -1.38. The van der Waals surface area contributed by atoms with Crippen LogP contribution >= 0.6 is 0 Å². The molecule has 0 aliphatic carbocycles. The van der Waals surface area contributed by atoms with Gasteiger partial charge in [-0.2, -0.15) is 0 Å². The highest BCUT2D eigenvalue weighted by Crippen LogP contribution is 2.05. The molecule has 0 spiro atoms. The average Bonchev–Trinajstić information content (AvgIpc) is 2.30. The molecule has 0 saturated carbocycles. The van der Waals surface area contributed by atoms with E-state index in [2.05, 4.69) is 11.9 Å². The Morgan fingerprint density at radius 2 is 2.00 bits per heavy atom. The molecule has 1 aromatic rings. The highest BCUT2D eigenvalue weighted by Gasteiger charge is 2.08. The van der Waals surface area contributed by atoms with Crippen molar-refractivity contribution in [1.29, 1.82) is 0 Å². The molecule has 1 heterocycles. The van der Waals surface area contributed by atoms with Crippen LogP contribution in [0, 0.1) is 0 Å². The number of hydrogen-bond donors (Lipinski definition) is 0. The van der Waals surface area contributed by atoms with E-state index in [-0.39, 0.29) is 5.91 Å². The minimum atomic E-state index is 0.237. The van der Waals surface area contributed by atoms with Gasteiger partial charge in [0.1, 0.15) is 0 Å². The predicted octanol–water partition coefficient (Wildman–Crippen LogP) is 2.04. The maximum atomic E-state index is 11.7. The van der Waals surface area contributed by atoms with Crippen LogP contribution in [0.3, 0.4) is 0 Å². The second-order valence-electron chi connectivity index (χ2n) is 4.12. The van der Waals surface area contributed by atoms with Crippen molar-refractivity contribution in [2.75, 3.05) is 7.05 Å². The van der Waals surface area contributed by atoms with E-state index in [1.165, 1.54) is 0 Å². The molecule has 88 valence electrons. The van der Waals surface area contributed by atoms with Crippen LogP contribution in [0.15, 0.2) is 24.5 Å². The van der Waals surface area contributed by atoms with Crippen molar-refractivity contribution in [3.05, 3.63) is 30.1 Å². The van der Waals surface area contributed by atoms with Crippen LogP contribution in [0.4, 0.5) is 0 Å². The molecule has 0 unspecified atom stereocenters. The summed E-state index contributed by atoms with van der Waals surface area (Å²) in [4.78, 5) is 16.5. The van der Waals surface area contributed by atoms with Gasteiger partial charge in [-0.25, -0.2) is 4.98 Å². The van der Waals surface area contributed by atoms with Crippen molar-refractivity contribution in [1.82, 2.24) is 4.90 Å². The summed E-state index contributed by atoms with van der Waals surface area (Å²) in [7, 11) is 1.87. The topological polar surface area (TPSA) is 34.5 Å². The maximum Gasteiger partial charge on any atom is 0.222 e. The lowest BCUT2D eigenvalue weighted by atomic mass is 10.2. The fourth-order valence-corrected chi connectivity index (χ4v) is 1.61. The number of carbonyl (C=O) groups is 1. The van der Waals surface area contributed by atoms with Gasteiger partial charge in [0.15, 0.2) is 12.4 Å². The van der Waals surface area contributed by atoms with Crippen molar-refractivity contribution in [3.8, 4) is 0 Å². The van der Waals surface area contributed by atoms with Crippen LogP contribution in [-0.2, 0) is 11.3 Å². The molecule has 0 aromatic carbocycles. The molecule has 0 aliphatic heterocycles. The third-order valence-electron chi connectivity index (χ3n) is 2.63. The van der Waals surface area contributed by atoms with Gasteiger partial charge in [0.25, 0.3) is 0 Å². The summed E-state index contributed by atoms with van der Waals surface area (Å²) in [6.45, 7) is 2.84. The Bertz CT molecular complexity index is 311. The number of unbranched alkanes of at least 4 members (excludes halogenated alkanes) is 2. The molecule has 0 atom stereocenters. The Morgan fingerprint density at radius 3 is 2.62 bits per heavy atom. The summed E-state index contributed by atoms with van der Waals surface area (Å²) >= 11 is 0. The molecule has 0 radical (unpaired) electrons. The zero-order chi connectivity index (χ0) is 11.8. The third kappa shape index (κ3) is 4.43. The summed E-state index contributed by atoms with van der Waals surface area (Å²) in [6, 6.07) is 3.99. The lowest BCUT2D eigenvalue weighted by Gasteiger charge is -2.16. The minimum absolute atomic E-state index is 0.237.